The maximum absolute atomic E-state index is 5.91. The second-order valence-corrected chi connectivity index (χ2v) is 7.23. The molecule has 0 rings (SSSR count). The maximum atomic E-state index is 5.91. The molecule has 3 nitrogen and oxygen atoms in total. The summed E-state index contributed by atoms with van der Waals surface area (Å²) in [4.78, 5) is 0. The Labute approximate surface area is 89.4 Å². The van der Waals surface area contributed by atoms with E-state index in [1.807, 2.05) is 14.0 Å². The van der Waals surface area contributed by atoms with Crippen LogP contribution in [0.1, 0.15) is 27.2 Å². The van der Waals surface area contributed by atoms with E-state index >= 15 is 0 Å². The Morgan fingerprint density at radius 2 is 2.00 bits per heavy atom. The van der Waals surface area contributed by atoms with Crippen molar-refractivity contribution in [2.75, 3.05) is 20.2 Å². The first-order valence-corrected chi connectivity index (χ1v) is 8.03. The summed E-state index contributed by atoms with van der Waals surface area (Å²) in [5.74, 6) is 0. The number of nitrogens with one attached hydrogen (secondary N) is 1. The van der Waals surface area contributed by atoms with Crippen LogP contribution in [0.15, 0.2) is 0 Å². The fourth-order valence-electron chi connectivity index (χ4n) is 1.56. The highest BCUT2D eigenvalue weighted by Crippen LogP contribution is 2.17. The summed E-state index contributed by atoms with van der Waals surface area (Å²) in [5, 5.41) is 3.15. The largest absolute Gasteiger partial charge is 0.395 e. The molecule has 0 radical (unpaired) electrons. The van der Waals surface area contributed by atoms with E-state index in [0.29, 0.717) is 0 Å². The van der Waals surface area contributed by atoms with Crippen molar-refractivity contribution in [1.82, 2.24) is 5.32 Å². The molecule has 0 aromatic carbocycles. The monoisotopic (exact) mass is 219 g/mol. The van der Waals surface area contributed by atoms with Crippen LogP contribution < -0.4 is 5.32 Å². The van der Waals surface area contributed by atoms with E-state index < -0.39 is 8.56 Å². The van der Waals surface area contributed by atoms with Gasteiger partial charge in [-0.15, -0.1) is 0 Å². The molecular formula is C10H25NO2Si. The lowest BCUT2D eigenvalue weighted by Crippen LogP contribution is -2.41. The zero-order chi connectivity index (χ0) is 11.0. The van der Waals surface area contributed by atoms with Crippen LogP contribution >= 0.6 is 0 Å². The maximum Gasteiger partial charge on any atom is 0.335 e. The van der Waals surface area contributed by atoms with E-state index in [1.54, 1.807) is 0 Å². The highest BCUT2D eigenvalue weighted by atomic mass is 28.4. The van der Waals surface area contributed by atoms with Gasteiger partial charge in [0.25, 0.3) is 0 Å². The van der Waals surface area contributed by atoms with E-state index in [0.717, 1.165) is 25.6 Å². The lowest BCUT2D eigenvalue weighted by molar-refractivity contribution is 0.141. The summed E-state index contributed by atoms with van der Waals surface area (Å²) < 4.78 is 11.7. The molecular weight excluding hydrogens is 194 g/mol. The predicted octanol–water partition coefficient (Wildman–Crippen LogP) is 2.13. The van der Waals surface area contributed by atoms with Crippen LogP contribution in [0.3, 0.4) is 0 Å². The molecule has 86 valence electrons. The van der Waals surface area contributed by atoms with Crippen molar-refractivity contribution in [2.24, 2.45) is 0 Å². The summed E-state index contributed by atoms with van der Waals surface area (Å²) in [6.07, 6.45) is 1.40. The van der Waals surface area contributed by atoms with Gasteiger partial charge in [-0.05, 0) is 53.4 Å². The molecule has 0 aliphatic heterocycles. The molecule has 0 aromatic heterocycles. The molecule has 0 fully saturated rings. The minimum Gasteiger partial charge on any atom is -0.395 e. The summed E-state index contributed by atoms with van der Waals surface area (Å²) in [6.45, 7) is 10.1. The molecule has 0 saturated heterocycles. The molecule has 0 aliphatic rings. The smallest absolute Gasteiger partial charge is 0.335 e. The van der Waals surface area contributed by atoms with Crippen molar-refractivity contribution in [2.45, 2.75) is 45.9 Å². The molecule has 0 spiro atoms. The minimum absolute atomic E-state index is 0.271. The van der Waals surface area contributed by atoms with E-state index in [9.17, 15) is 0 Å². The Bertz CT molecular complexity index is 144. The molecule has 1 atom stereocenters. The van der Waals surface area contributed by atoms with Crippen LogP contribution in [-0.4, -0.2) is 34.9 Å². The molecule has 0 aromatic rings. The van der Waals surface area contributed by atoms with Crippen LogP contribution in [0.25, 0.3) is 0 Å². The molecule has 1 unspecified atom stereocenters. The van der Waals surface area contributed by atoms with Gasteiger partial charge in [0, 0.05) is 12.7 Å². The summed E-state index contributed by atoms with van der Waals surface area (Å²) in [5.41, 5.74) is 0. The van der Waals surface area contributed by atoms with E-state index in [-0.39, 0.29) is 6.10 Å². The zero-order valence-corrected chi connectivity index (χ0v) is 11.2. The van der Waals surface area contributed by atoms with Gasteiger partial charge in [0.05, 0.1) is 0 Å². The van der Waals surface area contributed by atoms with Gasteiger partial charge >= 0.3 is 8.56 Å². The van der Waals surface area contributed by atoms with Gasteiger partial charge in [0.1, 0.15) is 0 Å². The molecule has 0 bridgehead atoms. The lowest BCUT2D eigenvalue weighted by Gasteiger charge is -2.28. The SMILES string of the molecule is CCO[Si](C)(CCCNC)OC(C)C. The number of rotatable bonds is 8. The van der Waals surface area contributed by atoms with E-state index in [2.05, 4.69) is 25.7 Å². The van der Waals surface area contributed by atoms with Crippen LogP contribution in [0.2, 0.25) is 12.6 Å². The Balaban J connectivity index is 3.95. The van der Waals surface area contributed by atoms with Crippen LogP contribution in [0.5, 0.6) is 0 Å². The first-order chi connectivity index (χ1) is 6.54. The second-order valence-electron chi connectivity index (χ2n) is 3.94. The summed E-state index contributed by atoms with van der Waals surface area (Å²) in [6, 6.07) is 1.07. The van der Waals surface area contributed by atoms with Crippen LogP contribution in [0.4, 0.5) is 0 Å². The fourth-order valence-corrected chi connectivity index (χ4v) is 4.31. The standard InChI is InChI=1S/C10H25NO2Si/c1-6-12-14(5,13-10(2)3)9-7-8-11-4/h10-11H,6-9H2,1-5H3. The highest BCUT2D eigenvalue weighted by Gasteiger charge is 2.31. The van der Waals surface area contributed by atoms with E-state index in [4.69, 9.17) is 8.85 Å². The molecule has 0 saturated carbocycles. The van der Waals surface area contributed by atoms with Gasteiger partial charge in [-0.2, -0.15) is 0 Å². The van der Waals surface area contributed by atoms with Crippen molar-refractivity contribution in [1.29, 1.82) is 0 Å². The van der Waals surface area contributed by atoms with Gasteiger partial charge in [0.2, 0.25) is 0 Å². The van der Waals surface area contributed by atoms with Gasteiger partial charge in [-0.1, -0.05) is 0 Å². The van der Waals surface area contributed by atoms with Crippen molar-refractivity contribution >= 4 is 8.56 Å². The first kappa shape index (κ1) is 14.1. The number of hydrogen-bond donors (Lipinski definition) is 1. The molecule has 1 N–H and O–H groups in total. The highest BCUT2D eigenvalue weighted by molar-refractivity contribution is 6.66. The van der Waals surface area contributed by atoms with E-state index in [1.165, 1.54) is 0 Å². The van der Waals surface area contributed by atoms with Gasteiger partial charge < -0.3 is 14.2 Å². The Morgan fingerprint density at radius 3 is 2.43 bits per heavy atom. The Hall–Kier alpha value is 0.0969. The van der Waals surface area contributed by atoms with Gasteiger partial charge in [-0.25, -0.2) is 0 Å². The van der Waals surface area contributed by atoms with Crippen molar-refractivity contribution in [3.05, 3.63) is 0 Å². The molecule has 0 aliphatic carbocycles. The average Bonchev–Trinajstić information content (AvgIpc) is 2.03. The van der Waals surface area contributed by atoms with Crippen LogP contribution in [-0.2, 0) is 8.85 Å². The van der Waals surface area contributed by atoms with Crippen molar-refractivity contribution in [3.63, 3.8) is 0 Å². The fraction of sp³-hybridized carbons (Fsp3) is 1.00. The molecule has 0 heterocycles. The van der Waals surface area contributed by atoms with Gasteiger partial charge in [-0.3, -0.25) is 0 Å². The predicted molar refractivity (Wildman–Crippen MR) is 62.8 cm³/mol. The summed E-state index contributed by atoms with van der Waals surface area (Å²) in [7, 11) is 0.0853. The number of hydrogen-bond acceptors (Lipinski definition) is 3. The first-order valence-electron chi connectivity index (χ1n) is 5.50. The van der Waals surface area contributed by atoms with Gasteiger partial charge in [0.15, 0.2) is 0 Å². The lowest BCUT2D eigenvalue weighted by atomic mass is 10.5. The summed E-state index contributed by atoms with van der Waals surface area (Å²) >= 11 is 0. The quantitative estimate of drug-likeness (QED) is 0.501. The normalized spacial score (nSPS) is 15.9. The third kappa shape index (κ3) is 6.54. The van der Waals surface area contributed by atoms with Crippen molar-refractivity contribution in [3.8, 4) is 0 Å². The molecule has 14 heavy (non-hydrogen) atoms. The average molecular weight is 219 g/mol. The second kappa shape index (κ2) is 7.40. The van der Waals surface area contributed by atoms with Crippen LogP contribution in [0, 0.1) is 0 Å². The molecule has 4 heteroatoms. The molecule has 0 amide bonds. The third-order valence-electron chi connectivity index (χ3n) is 1.99. The zero-order valence-electron chi connectivity index (χ0n) is 10.2. The third-order valence-corrected chi connectivity index (χ3v) is 5.12. The Morgan fingerprint density at radius 1 is 1.36 bits per heavy atom. The van der Waals surface area contributed by atoms with Crippen molar-refractivity contribution < 1.29 is 8.85 Å². The Kier molecular flexibility index (Phi) is 7.45. The topological polar surface area (TPSA) is 30.5 Å². The minimum atomic E-state index is -1.89.